The normalized spacial score (nSPS) is 12.9. The summed E-state index contributed by atoms with van der Waals surface area (Å²) in [6.45, 7) is 4.05. The van der Waals surface area contributed by atoms with E-state index in [0.29, 0.717) is 0 Å². The summed E-state index contributed by atoms with van der Waals surface area (Å²) in [5.41, 5.74) is 6.02. The Labute approximate surface area is 110 Å². The van der Waals surface area contributed by atoms with Gasteiger partial charge in [0.15, 0.2) is 0 Å². The van der Waals surface area contributed by atoms with Gasteiger partial charge in [0.2, 0.25) is 0 Å². The summed E-state index contributed by atoms with van der Waals surface area (Å²) in [5, 5.41) is 8.46. The van der Waals surface area contributed by atoms with Crippen LogP contribution in [-0.2, 0) is 19.9 Å². The molecule has 0 aliphatic heterocycles. The fourth-order valence-electron chi connectivity index (χ4n) is 1.93. The Balaban J connectivity index is 2.20. The summed E-state index contributed by atoms with van der Waals surface area (Å²) < 4.78 is 5.86. The molecule has 0 amide bonds. The van der Waals surface area contributed by atoms with Crippen molar-refractivity contribution in [3.05, 3.63) is 28.0 Å². The van der Waals surface area contributed by atoms with Crippen LogP contribution in [0.1, 0.15) is 34.9 Å². The van der Waals surface area contributed by atoms with Crippen LogP contribution in [0, 0.1) is 6.92 Å². The summed E-state index contributed by atoms with van der Waals surface area (Å²) in [5.74, 6) is 5.64. The van der Waals surface area contributed by atoms with E-state index in [-0.39, 0.29) is 6.04 Å². The molecule has 6 nitrogen and oxygen atoms in total. The van der Waals surface area contributed by atoms with Crippen molar-refractivity contribution in [3.8, 4) is 0 Å². The minimum Gasteiger partial charge on any atom is -0.272 e. The number of aryl methyl sites for hydroxylation is 3. The SMILES string of the molecule is CCc1cc(CC(NN)c2snnc2C)n(C)n1. The number of rotatable bonds is 5. The van der Waals surface area contributed by atoms with Crippen LogP contribution in [0.25, 0.3) is 0 Å². The third-order valence-electron chi connectivity index (χ3n) is 3.01. The molecule has 0 bridgehead atoms. The standard InChI is InChI=1S/C11H18N6S/c1-4-8-5-9(17(3)15-8)6-10(13-12)11-7(2)14-16-18-11/h5,10,13H,4,6,12H2,1-3H3. The van der Waals surface area contributed by atoms with Crippen LogP contribution in [-0.4, -0.2) is 19.4 Å². The zero-order chi connectivity index (χ0) is 13.1. The molecule has 2 aromatic heterocycles. The quantitative estimate of drug-likeness (QED) is 0.620. The monoisotopic (exact) mass is 266 g/mol. The molecule has 0 saturated heterocycles. The number of aromatic nitrogens is 4. The van der Waals surface area contributed by atoms with Crippen LogP contribution in [0.15, 0.2) is 6.07 Å². The highest BCUT2D eigenvalue weighted by Gasteiger charge is 2.18. The molecule has 0 fully saturated rings. The lowest BCUT2D eigenvalue weighted by Crippen LogP contribution is -2.30. The fraction of sp³-hybridized carbons (Fsp3) is 0.545. The fourth-order valence-corrected chi connectivity index (χ4v) is 2.63. The summed E-state index contributed by atoms with van der Waals surface area (Å²) in [6.07, 6.45) is 1.72. The van der Waals surface area contributed by atoms with E-state index in [1.54, 1.807) is 0 Å². The Kier molecular flexibility index (Phi) is 4.05. The molecule has 3 N–H and O–H groups in total. The molecular formula is C11H18N6S. The molecule has 1 atom stereocenters. The van der Waals surface area contributed by atoms with Crippen molar-refractivity contribution in [2.45, 2.75) is 32.7 Å². The Morgan fingerprint density at radius 3 is 2.83 bits per heavy atom. The first-order valence-corrected chi connectivity index (χ1v) is 6.69. The van der Waals surface area contributed by atoms with Crippen LogP contribution >= 0.6 is 11.5 Å². The molecule has 0 aliphatic carbocycles. The van der Waals surface area contributed by atoms with Gasteiger partial charge in [0.1, 0.15) is 0 Å². The molecule has 0 saturated carbocycles. The van der Waals surface area contributed by atoms with Crippen LogP contribution in [0.2, 0.25) is 0 Å². The molecule has 0 aromatic carbocycles. The molecule has 0 aliphatic rings. The topological polar surface area (TPSA) is 81.6 Å². The van der Waals surface area contributed by atoms with E-state index >= 15 is 0 Å². The van der Waals surface area contributed by atoms with Gasteiger partial charge < -0.3 is 0 Å². The van der Waals surface area contributed by atoms with Gasteiger partial charge in [-0.15, -0.1) is 5.10 Å². The third kappa shape index (κ3) is 2.58. The first-order valence-electron chi connectivity index (χ1n) is 5.92. The number of hydrogen-bond donors (Lipinski definition) is 2. The molecule has 1 unspecified atom stereocenters. The highest BCUT2D eigenvalue weighted by atomic mass is 32.1. The van der Waals surface area contributed by atoms with E-state index in [9.17, 15) is 0 Å². The van der Waals surface area contributed by atoms with E-state index < -0.39 is 0 Å². The number of hydrogen-bond acceptors (Lipinski definition) is 6. The van der Waals surface area contributed by atoms with Crippen molar-refractivity contribution in [1.29, 1.82) is 0 Å². The minimum atomic E-state index is 0.0325. The molecule has 2 rings (SSSR count). The number of nitrogens with zero attached hydrogens (tertiary/aromatic N) is 4. The van der Waals surface area contributed by atoms with Crippen LogP contribution in [0.4, 0.5) is 0 Å². The van der Waals surface area contributed by atoms with Crippen LogP contribution in [0.3, 0.4) is 0 Å². The molecule has 0 spiro atoms. The lowest BCUT2D eigenvalue weighted by atomic mass is 10.1. The van der Waals surface area contributed by atoms with Crippen LogP contribution in [0.5, 0.6) is 0 Å². The molecule has 0 radical (unpaired) electrons. The molecule has 98 valence electrons. The largest absolute Gasteiger partial charge is 0.272 e. The zero-order valence-corrected chi connectivity index (χ0v) is 11.7. The van der Waals surface area contributed by atoms with Gasteiger partial charge >= 0.3 is 0 Å². The Morgan fingerprint density at radius 2 is 2.33 bits per heavy atom. The number of nitrogens with one attached hydrogen (secondary N) is 1. The maximum atomic E-state index is 5.64. The summed E-state index contributed by atoms with van der Waals surface area (Å²) in [4.78, 5) is 1.08. The third-order valence-corrected chi connectivity index (χ3v) is 3.95. The van der Waals surface area contributed by atoms with Crippen LogP contribution < -0.4 is 11.3 Å². The molecule has 2 heterocycles. The lowest BCUT2D eigenvalue weighted by Gasteiger charge is -2.14. The van der Waals surface area contributed by atoms with E-state index in [2.05, 4.69) is 33.1 Å². The van der Waals surface area contributed by atoms with Gasteiger partial charge in [-0.25, -0.2) is 0 Å². The average molecular weight is 266 g/mol. The summed E-state index contributed by atoms with van der Waals surface area (Å²) in [6, 6.07) is 2.15. The van der Waals surface area contributed by atoms with Gasteiger partial charge in [0.25, 0.3) is 0 Å². The predicted octanol–water partition coefficient (Wildman–Crippen LogP) is 0.890. The molecule has 18 heavy (non-hydrogen) atoms. The first-order chi connectivity index (χ1) is 8.65. The van der Waals surface area contributed by atoms with Crippen molar-refractivity contribution < 1.29 is 0 Å². The predicted molar refractivity (Wildman–Crippen MR) is 71.0 cm³/mol. The smallest absolute Gasteiger partial charge is 0.0773 e. The van der Waals surface area contributed by atoms with Gasteiger partial charge in [-0.3, -0.25) is 16.0 Å². The van der Waals surface area contributed by atoms with Crippen molar-refractivity contribution in [1.82, 2.24) is 24.8 Å². The number of hydrazine groups is 1. The van der Waals surface area contributed by atoms with Crippen molar-refractivity contribution >= 4 is 11.5 Å². The van der Waals surface area contributed by atoms with Gasteiger partial charge in [-0.2, -0.15) is 5.10 Å². The van der Waals surface area contributed by atoms with Crippen molar-refractivity contribution in [2.24, 2.45) is 12.9 Å². The average Bonchev–Trinajstić information content (AvgIpc) is 2.93. The lowest BCUT2D eigenvalue weighted by molar-refractivity contribution is 0.534. The second kappa shape index (κ2) is 5.55. The molecule has 7 heteroatoms. The Morgan fingerprint density at radius 1 is 1.56 bits per heavy atom. The second-order valence-corrected chi connectivity index (χ2v) is 5.04. The highest BCUT2D eigenvalue weighted by molar-refractivity contribution is 7.05. The summed E-state index contributed by atoms with van der Waals surface area (Å²) in [7, 11) is 1.96. The minimum absolute atomic E-state index is 0.0325. The van der Waals surface area contributed by atoms with E-state index in [1.807, 2.05) is 18.7 Å². The maximum Gasteiger partial charge on any atom is 0.0773 e. The highest BCUT2D eigenvalue weighted by Crippen LogP contribution is 2.23. The zero-order valence-electron chi connectivity index (χ0n) is 10.8. The summed E-state index contributed by atoms with van der Waals surface area (Å²) >= 11 is 1.39. The first kappa shape index (κ1) is 13.1. The molecule has 2 aromatic rings. The van der Waals surface area contributed by atoms with Crippen molar-refractivity contribution in [2.75, 3.05) is 0 Å². The molecular weight excluding hydrogens is 248 g/mol. The maximum absolute atomic E-state index is 5.64. The Bertz CT molecular complexity index is 517. The number of nitrogens with two attached hydrogens (primary N) is 1. The van der Waals surface area contributed by atoms with E-state index in [0.717, 1.165) is 34.8 Å². The van der Waals surface area contributed by atoms with Gasteiger partial charge in [0.05, 0.1) is 22.3 Å². The van der Waals surface area contributed by atoms with Crippen molar-refractivity contribution in [3.63, 3.8) is 0 Å². The van der Waals surface area contributed by atoms with E-state index in [1.165, 1.54) is 11.5 Å². The van der Waals surface area contributed by atoms with Gasteiger partial charge in [-0.1, -0.05) is 11.4 Å². The Hall–Kier alpha value is -1.31. The van der Waals surface area contributed by atoms with E-state index in [4.69, 9.17) is 5.84 Å². The van der Waals surface area contributed by atoms with Gasteiger partial charge in [-0.05, 0) is 30.9 Å². The van der Waals surface area contributed by atoms with Gasteiger partial charge in [0, 0.05) is 19.2 Å². The second-order valence-electron chi connectivity index (χ2n) is 4.25.